The lowest BCUT2D eigenvalue weighted by Crippen LogP contribution is -2.37. The quantitative estimate of drug-likeness (QED) is 0.857. The molecule has 1 saturated carbocycles. The first-order chi connectivity index (χ1) is 8.70. The van der Waals surface area contributed by atoms with Gasteiger partial charge >= 0.3 is 5.97 Å². The van der Waals surface area contributed by atoms with Crippen LogP contribution in [0.5, 0.6) is 0 Å². The van der Waals surface area contributed by atoms with Gasteiger partial charge in [-0.1, -0.05) is 12.8 Å². The maximum Gasteiger partial charge on any atom is 0.308 e. The summed E-state index contributed by atoms with van der Waals surface area (Å²) in [6, 6.07) is 9.18. The summed E-state index contributed by atoms with van der Waals surface area (Å²) in [5.74, 6) is -1.03. The standard InChI is InChI=1S/C14H16N2O2/c15-9-10-5-7-11(8-6-10)16-13-4-2-1-3-12(13)14(17)18/h5-8,12-13,16H,1-4H2,(H,17,18). The molecule has 0 saturated heterocycles. The van der Waals surface area contributed by atoms with E-state index >= 15 is 0 Å². The number of carboxylic acids is 1. The van der Waals surface area contributed by atoms with E-state index in [9.17, 15) is 9.90 Å². The average molecular weight is 244 g/mol. The minimum Gasteiger partial charge on any atom is -0.481 e. The Hall–Kier alpha value is -2.02. The van der Waals surface area contributed by atoms with Crippen molar-refractivity contribution < 1.29 is 9.90 Å². The third kappa shape index (κ3) is 2.80. The molecule has 1 aromatic rings. The molecule has 0 bridgehead atoms. The number of hydrogen-bond acceptors (Lipinski definition) is 3. The Labute approximate surface area is 106 Å². The number of aliphatic carboxylic acids is 1. The molecule has 1 aromatic carbocycles. The maximum absolute atomic E-state index is 11.2. The molecule has 0 spiro atoms. The monoisotopic (exact) mass is 244 g/mol. The molecule has 2 N–H and O–H groups in total. The second-order valence-corrected chi connectivity index (χ2v) is 4.67. The lowest BCUT2D eigenvalue weighted by molar-refractivity contribution is -0.143. The van der Waals surface area contributed by atoms with Gasteiger partial charge in [0.05, 0.1) is 17.6 Å². The van der Waals surface area contributed by atoms with Crippen molar-refractivity contribution in [3.05, 3.63) is 29.8 Å². The number of anilines is 1. The van der Waals surface area contributed by atoms with Crippen LogP contribution in [0.1, 0.15) is 31.2 Å². The van der Waals surface area contributed by atoms with Gasteiger partial charge in [0.2, 0.25) is 0 Å². The van der Waals surface area contributed by atoms with Crippen LogP contribution in [0.4, 0.5) is 5.69 Å². The second-order valence-electron chi connectivity index (χ2n) is 4.67. The molecular weight excluding hydrogens is 228 g/mol. The Balaban J connectivity index is 2.06. The predicted octanol–water partition coefficient (Wildman–Crippen LogP) is 2.61. The first kappa shape index (κ1) is 12.4. The number of hydrogen-bond donors (Lipinski definition) is 2. The fourth-order valence-electron chi connectivity index (χ4n) is 2.45. The smallest absolute Gasteiger partial charge is 0.308 e. The number of benzene rings is 1. The van der Waals surface area contributed by atoms with Crippen LogP contribution < -0.4 is 5.32 Å². The minimum absolute atomic E-state index is 0.0100. The van der Waals surface area contributed by atoms with Gasteiger partial charge in [-0.2, -0.15) is 5.26 Å². The van der Waals surface area contributed by atoms with Crippen LogP contribution in [0.15, 0.2) is 24.3 Å². The largest absolute Gasteiger partial charge is 0.481 e. The molecule has 1 aliphatic rings. The van der Waals surface area contributed by atoms with Gasteiger partial charge in [-0.15, -0.1) is 0 Å². The number of rotatable bonds is 3. The zero-order chi connectivity index (χ0) is 13.0. The lowest BCUT2D eigenvalue weighted by Gasteiger charge is -2.30. The van der Waals surface area contributed by atoms with Gasteiger partial charge in [0, 0.05) is 11.7 Å². The number of carbonyl (C=O) groups is 1. The predicted molar refractivity (Wildman–Crippen MR) is 68.2 cm³/mol. The molecule has 4 nitrogen and oxygen atoms in total. The normalized spacial score (nSPS) is 23.1. The number of carboxylic acid groups (broad SMARTS) is 1. The molecule has 0 heterocycles. The molecule has 0 aromatic heterocycles. The molecule has 2 rings (SSSR count). The van der Waals surface area contributed by atoms with E-state index in [0.29, 0.717) is 5.56 Å². The fourth-order valence-corrected chi connectivity index (χ4v) is 2.45. The van der Waals surface area contributed by atoms with Crippen molar-refractivity contribution in [1.29, 1.82) is 5.26 Å². The van der Waals surface area contributed by atoms with E-state index in [1.165, 1.54) is 0 Å². The van der Waals surface area contributed by atoms with Crippen LogP contribution in [-0.4, -0.2) is 17.1 Å². The summed E-state index contributed by atoms with van der Waals surface area (Å²) in [7, 11) is 0. The highest BCUT2D eigenvalue weighted by atomic mass is 16.4. The van der Waals surface area contributed by atoms with Crippen molar-refractivity contribution in [1.82, 2.24) is 0 Å². The first-order valence-corrected chi connectivity index (χ1v) is 6.20. The third-order valence-electron chi connectivity index (χ3n) is 3.45. The van der Waals surface area contributed by atoms with Crippen LogP contribution in [0.2, 0.25) is 0 Å². The van der Waals surface area contributed by atoms with Crippen molar-refractivity contribution in [2.24, 2.45) is 5.92 Å². The lowest BCUT2D eigenvalue weighted by atomic mass is 9.84. The SMILES string of the molecule is N#Cc1ccc(NC2CCCCC2C(=O)O)cc1. The Bertz CT molecular complexity index is 462. The molecule has 0 aliphatic heterocycles. The number of nitrogens with zero attached hydrogens (tertiary/aromatic N) is 1. The zero-order valence-electron chi connectivity index (χ0n) is 10.1. The van der Waals surface area contributed by atoms with Crippen LogP contribution in [0.3, 0.4) is 0 Å². The Morgan fingerprint density at radius 1 is 1.28 bits per heavy atom. The summed E-state index contributed by atoms with van der Waals surface area (Å²) in [4.78, 5) is 11.2. The van der Waals surface area contributed by atoms with E-state index in [4.69, 9.17) is 5.26 Å². The maximum atomic E-state index is 11.2. The highest BCUT2D eigenvalue weighted by Gasteiger charge is 2.30. The van der Waals surface area contributed by atoms with E-state index in [1.807, 2.05) is 12.1 Å². The topological polar surface area (TPSA) is 73.1 Å². The third-order valence-corrected chi connectivity index (χ3v) is 3.45. The highest BCUT2D eigenvalue weighted by molar-refractivity contribution is 5.72. The molecule has 1 aliphatic carbocycles. The van der Waals surface area contributed by atoms with Gasteiger partial charge in [-0.05, 0) is 37.1 Å². The fraction of sp³-hybridized carbons (Fsp3) is 0.429. The zero-order valence-corrected chi connectivity index (χ0v) is 10.1. The van der Waals surface area contributed by atoms with Gasteiger partial charge in [0.25, 0.3) is 0 Å². The van der Waals surface area contributed by atoms with Crippen molar-refractivity contribution in [3.8, 4) is 6.07 Å². The molecule has 94 valence electrons. The molecule has 2 atom stereocenters. The molecule has 0 radical (unpaired) electrons. The van der Waals surface area contributed by atoms with E-state index in [2.05, 4.69) is 11.4 Å². The molecule has 1 fully saturated rings. The van der Waals surface area contributed by atoms with Gasteiger partial charge in [-0.25, -0.2) is 0 Å². The Morgan fingerprint density at radius 3 is 2.56 bits per heavy atom. The van der Waals surface area contributed by atoms with Crippen molar-refractivity contribution in [2.45, 2.75) is 31.7 Å². The summed E-state index contributed by atoms with van der Waals surface area (Å²) in [5.41, 5.74) is 1.49. The van der Waals surface area contributed by atoms with E-state index < -0.39 is 5.97 Å². The Kier molecular flexibility index (Phi) is 3.83. The van der Waals surface area contributed by atoms with Gasteiger partial charge in [-0.3, -0.25) is 4.79 Å². The summed E-state index contributed by atoms with van der Waals surface area (Å²) in [5, 5.41) is 21.2. The summed E-state index contributed by atoms with van der Waals surface area (Å²) in [6.07, 6.45) is 3.68. The minimum atomic E-state index is -0.721. The molecular formula is C14H16N2O2. The second kappa shape index (κ2) is 5.54. The van der Waals surface area contributed by atoms with Gasteiger partial charge < -0.3 is 10.4 Å². The van der Waals surface area contributed by atoms with Crippen LogP contribution in [0.25, 0.3) is 0 Å². The van der Waals surface area contributed by atoms with Crippen LogP contribution in [0, 0.1) is 17.2 Å². The molecule has 18 heavy (non-hydrogen) atoms. The molecule has 2 unspecified atom stereocenters. The average Bonchev–Trinajstić information content (AvgIpc) is 2.40. The summed E-state index contributed by atoms with van der Waals surface area (Å²) in [6.45, 7) is 0. The van der Waals surface area contributed by atoms with E-state index in [-0.39, 0.29) is 12.0 Å². The Morgan fingerprint density at radius 2 is 1.94 bits per heavy atom. The molecule has 4 heteroatoms. The van der Waals surface area contributed by atoms with Crippen LogP contribution >= 0.6 is 0 Å². The van der Waals surface area contributed by atoms with Crippen molar-refractivity contribution in [2.75, 3.05) is 5.32 Å². The summed E-state index contributed by atoms with van der Waals surface area (Å²) >= 11 is 0. The van der Waals surface area contributed by atoms with Crippen molar-refractivity contribution >= 4 is 11.7 Å². The number of nitriles is 1. The van der Waals surface area contributed by atoms with E-state index in [0.717, 1.165) is 31.4 Å². The van der Waals surface area contributed by atoms with E-state index in [1.54, 1.807) is 12.1 Å². The van der Waals surface area contributed by atoms with Gasteiger partial charge in [0.1, 0.15) is 0 Å². The van der Waals surface area contributed by atoms with Gasteiger partial charge in [0.15, 0.2) is 0 Å². The first-order valence-electron chi connectivity index (χ1n) is 6.20. The number of nitrogens with one attached hydrogen (secondary N) is 1. The summed E-state index contributed by atoms with van der Waals surface area (Å²) < 4.78 is 0. The van der Waals surface area contributed by atoms with Crippen LogP contribution in [-0.2, 0) is 4.79 Å². The van der Waals surface area contributed by atoms with Crippen molar-refractivity contribution in [3.63, 3.8) is 0 Å². The highest BCUT2D eigenvalue weighted by Crippen LogP contribution is 2.27. The molecule has 0 amide bonds.